The van der Waals surface area contributed by atoms with Crippen LogP contribution >= 0.6 is 0 Å². The van der Waals surface area contributed by atoms with E-state index in [1.807, 2.05) is 36.0 Å². The Balaban J connectivity index is 1.45. The van der Waals surface area contributed by atoms with E-state index in [9.17, 15) is 5.11 Å². The molecule has 31 heavy (non-hydrogen) atoms. The molecule has 2 aromatic carbocycles. The molecule has 1 N–H and O–H groups in total. The van der Waals surface area contributed by atoms with Crippen molar-refractivity contribution < 1.29 is 9.84 Å². The lowest BCUT2D eigenvalue weighted by Gasteiger charge is -2.37. The Morgan fingerprint density at radius 2 is 1.77 bits per heavy atom. The lowest BCUT2D eigenvalue weighted by molar-refractivity contribution is 0.205. The Morgan fingerprint density at radius 1 is 1.03 bits per heavy atom. The molecule has 164 valence electrons. The van der Waals surface area contributed by atoms with Gasteiger partial charge in [-0.25, -0.2) is 4.98 Å². The summed E-state index contributed by atoms with van der Waals surface area (Å²) in [6.07, 6.45) is 2.85. The van der Waals surface area contributed by atoms with Crippen molar-refractivity contribution in [2.24, 2.45) is 7.05 Å². The average molecular weight is 421 g/mol. The van der Waals surface area contributed by atoms with Crippen molar-refractivity contribution in [3.05, 3.63) is 76.9 Å². The van der Waals surface area contributed by atoms with Gasteiger partial charge in [0.05, 0.1) is 7.11 Å². The Morgan fingerprint density at radius 3 is 2.45 bits per heavy atom. The summed E-state index contributed by atoms with van der Waals surface area (Å²) < 4.78 is 7.33. The molecule has 0 saturated carbocycles. The Hall–Kier alpha value is -2.83. The molecule has 3 aromatic rings. The molecule has 0 radical (unpaired) electrons. The van der Waals surface area contributed by atoms with Crippen molar-refractivity contribution in [2.75, 3.05) is 38.2 Å². The van der Waals surface area contributed by atoms with Crippen molar-refractivity contribution in [1.82, 2.24) is 14.5 Å². The minimum atomic E-state index is -0.737. The third kappa shape index (κ3) is 4.31. The molecule has 1 saturated heterocycles. The number of para-hydroxylation sites is 1. The molecule has 0 amide bonds. The quantitative estimate of drug-likeness (QED) is 0.662. The van der Waals surface area contributed by atoms with E-state index < -0.39 is 6.10 Å². The first-order chi connectivity index (χ1) is 15.0. The summed E-state index contributed by atoms with van der Waals surface area (Å²) in [4.78, 5) is 9.22. The lowest BCUT2D eigenvalue weighted by Crippen LogP contribution is -2.46. The van der Waals surface area contributed by atoms with Gasteiger partial charge in [0, 0.05) is 63.4 Å². The minimum absolute atomic E-state index is 0.663. The monoisotopic (exact) mass is 420 g/mol. The third-order valence-corrected chi connectivity index (χ3v) is 6.51. The lowest BCUT2D eigenvalue weighted by atomic mass is 10.0. The highest BCUT2D eigenvalue weighted by molar-refractivity contribution is 5.56. The number of piperazine rings is 1. The third-order valence-electron chi connectivity index (χ3n) is 6.51. The van der Waals surface area contributed by atoms with Gasteiger partial charge in [-0.2, -0.15) is 0 Å². The number of rotatable bonds is 6. The molecule has 2 heterocycles. The van der Waals surface area contributed by atoms with E-state index in [1.165, 1.54) is 16.7 Å². The second-order valence-electron chi connectivity index (χ2n) is 8.30. The number of aliphatic hydroxyl groups excluding tert-OH is 1. The first-order valence-corrected chi connectivity index (χ1v) is 10.8. The fourth-order valence-corrected chi connectivity index (χ4v) is 4.42. The maximum Gasteiger partial charge on any atom is 0.142 e. The number of hydrogen-bond acceptors (Lipinski definition) is 5. The van der Waals surface area contributed by atoms with Crippen LogP contribution in [0.1, 0.15) is 34.2 Å². The van der Waals surface area contributed by atoms with Crippen LogP contribution in [-0.4, -0.2) is 52.8 Å². The first kappa shape index (κ1) is 21.4. The number of anilines is 1. The number of ether oxygens (including phenoxy) is 1. The van der Waals surface area contributed by atoms with Gasteiger partial charge in [0.25, 0.3) is 0 Å². The average Bonchev–Trinajstić information content (AvgIpc) is 3.23. The van der Waals surface area contributed by atoms with Gasteiger partial charge in [0.2, 0.25) is 0 Å². The van der Waals surface area contributed by atoms with Crippen LogP contribution in [0.2, 0.25) is 0 Å². The summed E-state index contributed by atoms with van der Waals surface area (Å²) in [7, 11) is 3.64. The van der Waals surface area contributed by atoms with Crippen molar-refractivity contribution in [3.63, 3.8) is 0 Å². The molecule has 0 spiro atoms. The highest BCUT2D eigenvalue weighted by Gasteiger charge is 2.24. The molecular weight excluding hydrogens is 388 g/mol. The molecule has 1 atom stereocenters. The highest BCUT2D eigenvalue weighted by Crippen LogP contribution is 2.31. The van der Waals surface area contributed by atoms with Gasteiger partial charge in [-0.1, -0.05) is 24.3 Å². The smallest absolute Gasteiger partial charge is 0.142 e. The number of aliphatic hydroxyl groups is 1. The summed E-state index contributed by atoms with van der Waals surface area (Å²) >= 11 is 0. The molecule has 1 aliphatic rings. The standard InChI is InChI=1S/C25H32N4O2/c1-18-19(2)23(31-4)10-9-20(18)17-28-13-15-29(16-14-28)22-8-6-5-7-21(22)24(30)25-26-11-12-27(25)3/h5-12,24,30H,13-17H2,1-4H3/t24-/m0/s1. The number of aromatic nitrogens is 2. The number of nitrogens with zero attached hydrogens (tertiary/aromatic N) is 4. The molecule has 0 bridgehead atoms. The van der Waals surface area contributed by atoms with E-state index in [0.29, 0.717) is 5.82 Å². The van der Waals surface area contributed by atoms with Gasteiger partial charge in [0.15, 0.2) is 0 Å². The van der Waals surface area contributed by atoms with Crippen LogP contribution < -0.4 is 9.64 Å². The van der Waals surface area contributed by atoms with Crippen molar-refractivity contribution in [2.45, 2.75) is 26.5 Å². The van der Waals surface area contributed by atoms with Crippen molar-refractivity contribution in [1.29, 1.82) is 0 Å². The molecular formula is C25H32N4O2. The number of hydrogen-bond donors (Lipinski definition) is 1. The van der Waals surface area contributed by atoms with E-state index >= 15 is 0 Å². The summed E-state index contributed by atoms with van der Waals surface area (Å²) in [5, 5.41) is 11.0. The molecule has 1 aromatic heterocycles. The zero-order valence-electron chi connectivity index (χ0n) is 18.9. The number of imidazole rings is 1. The van der Waals surface area contributed by atoms with Gasteiger partial charge in [-0.3, -0.25) is 4.90 Å². The molecule has 0 unspecified atom stereocenters. The van der Waals surface area contributed by atoms with Crippen LogP contribution in [0.15, 0.2) is 48.8 Å². The van der Waals surface area contributed by atoms with Gasteiger partial charge in [-0.15, -0.1) is 0 Å². The van der Waals surface area contributed by atoms with E-state index in [2.05, 4.69) is 46.8 Å². The maximum atomic E-state index is 11.0. The molecule has 6 nitrogen and oxygen atoms in total. The molecule has 1 aliphatic heterocycles. The van der Waals surface area contributed by atoms with E-state index in [0.717, 1.165) is 49.7 Å². The van der Waals surface area contributed by atoms with E-state index in [4.69, 9.17) is 4.74 Å². The van der Waals surface area contributed by atoms with Gasteiger partial charge < -0.3 is 19.3 Å². The largest absolute Gasteiger partial charge is 0.496 e. The van der Waals surface area contributed by atoms with Gasteiger partial charge in [-0.05, 0) is 42.7 Å². The Kier molecular flexibility index (Phi) is 6.30. The number of benzene rings is 2. The summed E-state index contributed by atoms with van der Waals surface area (Å²) in [5.74, 6) is 1.62. The SMILES string of the molecule is COc1ccc(CN2CCN(c3ccccc3[C@H](O)c3nccn3C)CC2)c(C)c1C. The summed E-state index contributed by atoms with van der Waals surface area (Å²) in [6, 6.07) is 12.4. The summed E-state index contributed by atoms with van der Waals surface area (Å²) in [6.45, 7) is 9.08. The fourth-order valence-electron chi connectivity index (χ4n) is 4.42. The zero-order valence-corrected chi connectivity index (χ0v) is 18.9. The number of methoxy groups -OCH3 is 1. The van der Waals surface area contributed by atoms with Crippen LogP contribution in [0, 0.1) is 13.8 Å². The van der Waals surface area contributed by atoms with Crippen LogP contribution in [0.4, 0.5) is 5.69 Å². The van der Waals surface area contributed by atoms with Crippen LogP contribution in [0.5, 0.6) is 5.75 Å². The Labute approximate surface area is 184 Å². The topological polar surface area (TPSA) is 53.8 Å². The second kappa shape index (κ2) is 9.12. The van der Waals surface area contributed by atoms with Crippen molar-refractivity contribution >= 4 is 5.69 Å². The predicted octanol–water partition coefficient (Wildman–Crippen LogP) is 3.45. The zero-order chi connectivity index (χ0) is 22.0. The Bertz CT molecular complexity index is 1040. The molecule has 0 aliphatic carbocycles. The highest BCUT2D eigenvalue weighted by atomic mass is 16.5. The van der Waals surface area contributed by atoms with Crippen LogP contribution in [0.3, 0.4) is 0 Å². The summed E-state index contributed by atoms with van der Waals surface area (Å²) in [5.41, 5.74) is 5.89. The van der Waals surface area contributed by atoms with Gasteiger partial charge in [0.1, 0.15) is 17.7 Å². The molecule has 1 fully saturated rings. The van der Waals surface area contributed by atoms with E-state index in [-0.39, 0.29) is 0 Å². The van der Waals surface area contributed by atoms with Crippen LogP contribution in [-0.2, 0) is 13.6 Å². The number of aryl methyl sites for hydroxylation is 1. The molecule has 6 heteroatoms. The maximum absolute atomic E-state index is 11.0. The van der Waals surface area contributed by atoms with E-state index in [1.54, 1.807) is 13.3 Å². The normalized spacial score (nSPS) is 15.8. The first-order valence-electron chi connectivity index (χ1n) is 10.8. The van der Waals surface area contributed by atoms with Crippen molar-refractivity contribution in [3.8, 4) is 5.75 Å². The van der Waals surface area contributed by atoms with Crippen LogP contribution in [0.25, 0.3) is 0 Å². The second-order valence-corrected chi connectivity index (χ2v) is 8.30. The fraction of sp³-hybridized carbons (Fsp3) is 0.400. The van der Waals surface area contributed by atoms with Gasteiger partial charge >= 0.3 is 0 Å². The molecule has 4 rings (SSSR count). The minimum Gasteiger partial charge on any atom is -0.496 e. The predicted molar refractivity (Wildman–Crippen MR) is 124 cm³/mol.